The molecule has 78 valence electrons. The Balaban J connectivity index is 3.13. The summed E-state index contributed by atoms with van der Waals surface area (Å²) in [5, 5.41) is 4.13. The molecule has 0 spiro atoms. The van der Waals surface area contributed by atoms with E-state index < -0.39 is 0 Å². The summed E-state index contributed by atoms with van der Waals surface area (Å²) in [6, 6.07) is 0. The molecule has 0 amide bonds. The van der Waals surface area contributed by atoms with E-state index >= 15 is 0 Å². The van der Waals surface area contributed by atoms with Crippen LogP contribution in [0.15, 0.2) is 0 Å². The molecule has 0 aromatic carbocycles. The first-order chi connectivity index (χ1) is 6.35. The predicted molar refractivity (Wildman–Crippen MR) is 53.7 cm³/mol. The zero-order valence-corrected chi connectivity index (χ0v) is 9.29. The molecule has 0 aliphatic rings. The molecule has 0 bridgehead atoms. The SMILES string of the molecule is Cc1nn(C)c(OC(C)(C)C)c1C=O. The van der Waals surface area contributed by atoms with Crippen LogP contribution in [0, 0.1) is 6.92 Å². The molecule has 1 aromatic rings. The van der Waals surface area contributed by atoms with Gasteiger partial charge in [-0.15, -0.1) is 0 Å². The summed E-state index contributed by atoms with van der Waals surface area (Å²) in [6.07, 6.45) is 0.781. The molecule has 14 heavy (non-hydrogen) atoms. The van der Waals surface area contributed by atoms with E-state index in [0.717, 1.165) is 6.29 Å². The average molecular weight is 196 g/mol. The van der Waals surface area contributed by atoms with Crippen LogP contribution in [-0.4, -0.2) is 21.7 Å². The van der Waals surface area contributed by atoms with Crippen molar-refractivity contribution in [1.29, 1.82) is 0 Å². The van der Waals surface area contributed by atoms with Gasteiger partial charge in [-0.3, -0.25) is 4.79 Å². The van der Waals surface area contributed by atoms with Crippen LogP contribution in [0.3, 0.4) is 0 Å². The second-order valence-electron chi connectivity index (χ2n) is 4.26. The first kappa shape index (κ1) is 10.8. The lowest BCUT2D eigenvalue weighted by molar-refractivity contribution is 0.106. The molecule has 0 saturated carbocycles. The lowest BCUT2D eigenvalue weighted by Gasteiger charge is -2.21. The van der Waals surface area contributed by atoms with Crippen molar-refractivity contribution in [1.82, 2.24) is 9.78 Å². The van der Waals surface area contributed by atoms with Crippen LogP contribution in [0.25, 0.3) is 0 Å². The molecule has 4 nitrogen and oxygen atoms in total. The zero-order chi connectivity index (χ0) is 10.9. The van der Waals surface area contributed by atoms with Crippen molar-refractivity contribution in [3.05, 3.63) is 11.3 Å². The number of ether oxygens (including phenoxy) is 1. The van der Waals surface area contributed by atoms with Crippen molar-refractivity contribution in [3.8, 4) is 5.88 Å². The quantitative estimate of drug-likeness (QED) is 0.676. The normalized spacial score (nSPS) is 11.5. The summed E-state index contributed by atoms with van der Waals surface area (Å²) in [5.74, 6) is 0.532. The highest BCUT2D eigenvalue weighted by Crippen LogP contribution is 2.23. The molecular weight excluding hydrogens is 180 g/mol. The van der Waals surface area contributed by atoms with Gasteiger partial charge in [-0.2, -0.15) is 5.10 Å². The van der Waals surface area contributed by atoms with Crippen LogP contribution in [0.4, 0.5) is 0 Å². The Kier molecular flexibility index (Phi) is 2.64. The number of carbonyl (C=O) groups is 1. The van der Waals surface area contributed by atoms with Gasteiger partial charge in [0.05, 0.1) is 11.3 Å². The molecule has 1 rings (SSSR count). The third-order valence-electron chi connectivity index (χ3n) is 1.73. The van der Waals surface area contributed by atoms with E-state index in [2.05, 4.69) is 5.10 Å². The van der Waals surface area contributed by atoms with Crippen LogP contribution >= 0.6 is 0 Å². The van der Waals surface area contributed by atoms with E-state index in [0.29, 0.717) is 17.1 Å². The second-order valence-corrected chi connectivity index (χ2v) is 4.26. The van der Waals surface area contributed by atoms with Crippen molar-refractivity contribution in [2.45, 2.75) is 33.3 Å². The number of hydrogen-bond acceptors (Lipinski definition) is 3. The summed E-state index contributed by atoms with van der Waals surface area (Å²) < 4.78 is 7.23. The fraction of sp³-hybridized carbons (Fsp3) is 0.600. The van der Waals surface area contributed by atoms with E-state index in [9.17, 15) is 4.79 Å². The number of aryl methyl sites for hydroxylation is 2. The number of aldehydes is 1. The van der Waals surface area contributed by atoms with Gasteiger partial charge in [0.15, 0.2) is 6.29 Å². The fourth-order valence-corrected chi connectivity index (χ4v) is 1.20. The first-order valence-electron chi connectivity index (χ1n) is 4.53. The third-order valence-corrected chi connectivity index (χ3v) is 1.73. The van der Waals surface area contributed by atoms with Crippen molar-refractivity contribution in [2.24, 2.45) is 7.05 Å². The van der Waals surface area contributed by atoms with Gasteiger partial charge in [-0.25, -0.2) is 4.68 Å². The number of hydrogen-bond donors (Lipinski definition) is 0. The smallest absolute Gasteiger partial charge is 0.223 e. The molecule has 0 aliphatic carbocycles. The molecule has 0 saturated heterocycles. The Labute approximate surface area is 83.9 Å². The largest absolute Gasteiger partial charge is 0.472 e. The van der Waals surface area contributed by atoms with E-state index in [1.54, 1.807) is 18.7 Å². The van der Waals surface area contributed by atoms with E-state index in [1.165, 1.54) is 0 Å². The lowest BCUT2D eigenvalue weighted by Crippen LogP contribution is -2.24. The Morgan fingerprint density at radius 2 is 2.00 bits per heavy atom. The van der Waals surface area contributed by atoms with Gasteiger partial charge in [0.1, 0.15) is 5.60 Å². The van der Waals surface area contributed by atoms with Gasteiger partial charge >= 0.3 is 0 Å². The second kappa shape index (κ2) is 3.44. The molecule has 0 unspecified atom stereocenters. The maximum absolute atomic E-state index is 10.8. The predicted octanol–water partition coefficient (Wildman–Crippen LogP) is 1.72. The van der Waals surface area contributed by atoms with Gasteiger partial charge in [0.25, 0.3) is 0 Å². The minimum Gasteiger partial charge on any atom is -0.472 e. The van der Waals surface area contributed by atoms with Crippen molar-refractivity contribution < 1.29 is 9.53 Å². The molecule has 0 N–H and O–H groups in total. The maximum Gasteiger partial charge on any atom is 0.223 e. The summed E-state index contributed by atoms with van der Waals surface area (Å²) in [5.41, 5.74) is 0.905. The van der Waals surface area contributed by atoms with Crippen LogP contribution in [0.2, 0.25) is 0 Å². The number of carbonyl (C=O) groups excluding carboxylic acids is 1. The van der Waals surface area contributed by atoms with Crippen LogP contribution in [0.5, 0.6) is 5.88 Å². The number of aromatic nitrogens is 2. The summed E-state index contributed by atoms with van der Waals surface area (Å²) in [4.78, 5) is 10.8. The molecule has 0 fully saturated rings. The Morgan fingerprint density at radius 1 is 1.43 bits per heavy atom. The van der Waals surface area contributed by atoms with E-state index in [-0.39, 0.29) is 5.60 Å². The standard InChI is InChI=1S/C10H16N2O2/c1-7-8(6-13)9(12(5)11-7)14-10(2,3)4/h6H,1-5H3. The van der Waals surface area contributed by atoms with Crippen molar-refractivity contribution in [2.75, 3.05) is 0 Å². The Morgan fingerprint density at radius 3 is 2.43 bits per heavy atom. The summed E-state index contributed by atoms with van der Waals surface area (Å²) in [7, 11) is 1.76. The van der Waals surface area contributed by atoms with Gasteiger partial charge in [-0.05, 0) is 27.7 Å². The van der Waals surface area contributed by atoms with E-state index in [4.69, 9.17) is 4.74 Å². The number of rotatable bonds is 2. The lowest BCUT2D eigenvalue weighted by atomic mass is 10.2. The van der Waals surface area contributed by atoms with Gasteiger partial charge in [0, 0.05) is 7.05 Å². The molecular formula is C10H16N2O2. The minimum absolute atomic E-state index is 0.321. The van der Waals surface area contributed by atoms with Gasteiger partial charge in [-0.1, -0.05) is 0 Å². The van der Waals surface area contributed by atoms with Crippen molar-refractivity contribution in [3.63, 3.8) is 0 Å². The van der Waals surface area contributed by atoms with Gasteiger partial charge in [0.2, 0.25) is 5.88 Å². The molecule has 1 aromatic heterocycles. The van der Waals surface area contributed by atoms with Gasteiger partial charge < -0.3 is 4.74 Å². The molecule has 0 radical (unpaired) electrons. The summed E-state index contributed by atoms with van der Waals surface area (Å²) in [6.45, 7) is 7.59. The maximum atomic E-state index is 10.8. The Bertz CT molecular complexity index is 348. The zero-order valence-electron chi connectivity index (χ0n) is 9.29. The summed E-state index contributed by atoms with van der Waals surface area (Å²) >= 11 is 0. The van der Waals surface area contributed by atoms with Crippen LogP contribution in [-0.2, 0) is 7.05 Å². The average Bonchev–Trinajstić information content (AvgIpc) is 2.24. The number of nitrogens with zero attached hydrogens (tertiary/aromatic N) is 2. The molecule has 0 aliphatic heterocycles. The van der Waals surface area contributed by atoms with Crippen LogP contribution < -0.4 is 4.74 Å². The topological polar surface area (TPSA) is 44.1 Å². The molecule has 0 atom stereocenters. The van der Waals surface area contributed by atoms with Crippen LogP contribution in [0.1, 0.15) is 36.8 Å². The highest BCUT2D eigenvalue weighted by Gasteiger charge is 2.20. The van der Waals surface area contributed by atoms with E-state index in [1.807, 2.05) is 20.8 Å². The molecule has 4 heteroatoms. The fourth-order valence-electron chi connectivity index (χ4n) is 1.20. The third kappa shape index (κ3) is 2.13. The monoisotopic (exact) mass is 196 g/mol. The molecule has 1 heterocycles. The highest BCUT2D eigenvalue weighted by molar-refractivity contribution is 5.80. The van der Waals surface area contributed by atoms with Crippen molar-refractivity contribution >= 4 is 6.29 Å². The highest BCUT2D eigenvalue weighted by atomic mass is 16.5. The Hall–Kier alpha value is -1.32. The minimum atomic E-state index is -0.321. The first-order valence-corrected chi connectivity index (χ1v) is 4.53.